The van der Waals surface area contributed by atoms with E-state index in [0.717, 1.165) is 27.0 Å². The number of hydrazine groups is 1. The van der Waals surface area contributed by atoms with E-state index in [1.807, 2.05) is 43.3 Å². The summed E-state index contributed by atoms with van der Waals surface area (Å²) < 4.78 is 6.89. The van der Waals surface area contributed by atoms with E-state index < -0.39 is 0 Å². The van der Waals surface area contributed by atoms with E-state index in [-0.39, 0.29) is 0 Å². The highest BCUT2D eigenvalue weighted by molar-refractivity contribution is 9.10. The number of nitrogens with zero attached hydrogens (tertiary/aromatic N) is 1. The molecule has 20 heavy (non-hydrogen) atoms. The molecule has 0 fully saturated rings. The van der Waals surface area contributed by atoms with Crippen LogP contribution in [0, 0.1) is 6.92 Å². The van der Waals surface area contributed by atoms with Crippen molar-refractivity contribution in [1.82, 2.24) is 0 Å². The van der Waals surface area contributed by atoms with Crippen molar-refractivity contribution in [3.8, 4) is 5.75 Å². The average molecular weight is 356 g/mol. The lowest BCUT2D eigenvalue weighted by Crippen LogP contribution is -2.26. The summed E-state index contributed by atoms with van der Waals surface area (Å²) in [4.78, 5) is 0. The summed E-state index contributed by atoms with van der Waals surface area (Å²) in [6.45, 7) is 2.38. The van der Waals surface area contributed by atoms with Crippen LogP contribution in [0.1, 0.15) is 11.1 Å². The minimum atomic E-state index is 0.374. The predicted molar refractivity (Wildman–Crippen MR) is 87.3 cm³/mol. The molecular weight excluding hydrogens is 340 g/mol. The first kappa shape index (κ1) is 15.2. The summed E-state index contributed by atoms with van der Waals surface area (Å²) in [6, 6.07) is 11.5. The molecule has 0 bridgehead atoms. The maximum absolute atomic E-state index is 6.23. The SMILES string of the molecule is Cc1cc(Br)ccc1OCc1c(Cl)cccc1N(C)N. The Labute approximate surface area is 132 Å². The Morgan fingerprint density at radius 1 is 1.30 bits per heavy atom. The lowest BCUT2D eigenvalue weighted by molar-refractivity contribution is 0.304. The van der Waals surface area contributed by atoms with Crippen molar-refractivity contribution in [1.29, 1.82) is 0 Å². The van der Waals surface area contributed by atoms with Crippen LogP contribution in [-0.4, -0.2) is 7.05 Å². The highest BCUT2D eigenvalue weighted by Gasteiger charge is 2.10. The summed E-state index contributed by atoms with van der Waals surface area (Å²) in [6.07, 6.45) is 0. The fourth-order valence-corrected chi connectivity index (χ4v) is 2.64. The van der Waals surface area contributed by atoms with E-state index in [2.05, 4.69) is 15.9 Å². The van der Waals surface area contributed by atoms with Crippen LogP contribution >= 0.6 is 27.5 Å². The molecule has 0 aliphatic rings. The second kappa shape index (κ2) is 6.48. The summed E-state index contributed by atoms with van der Waals surface area (Å²) in [5.41, 5.74) is 2.79. The molecule has 2 N–H and O–H groups in total. The van der Waals surface area contributed by atoms with Crippen LogP contribution in [0.25, 0.3) is 0 Å². The minimum Gasteiger partial charge on any atom is -0.488 e. The predicted octanol–water partition coefficient (Wildman–Crippen LogP) is 4.30. The van der Waals surface area contributed by atoms with Gasteiger partial charge in [-0.2, -0.15) is 0 Å². The van der Waals surface area contributed by atoms with Crippen LogP contribution in [0.15, 0.2) is 40.9 Å². The molecule has 0 amide bonds. The van der Waals surface area contributed by atoms with Crippen LogP contribution in [-0.2, 0) is 6.61 Å². The van der Waals surface area contributed by atoms with Crippen molar-refractivity contribution in [2.75, 3.05) is 12.1 Å². The fourth-order valence-electron chi connectivity index (χ4n) is 1.95. The third-order valence-electron chi connectivity index (χ3n) is 2.98. The van der Waals surface area contributed by atoms with E-state index in [9.17, 15) is 0 Å². The molecule has 0 saturated carbocycles. The van der Waals surface area contributed by atoms with E-state index in [0.29, 0.717) is 11.6 Å². The smallest absolute Gasteiger partial charge is 0.122 e. The Balaban J connectivity index is 2.23. The number of aryl methyl sites for hydroxylation is 1. The molecule has 0 radical (unpaired) electrons. The summed E-state index contributed by atoms with van der Waals surface area (Å²) in [7, 11) is 1.78. The van der Waals surface area contributed by atoms with Gasteiger partial charge in [0.15, 0.2) is 0 Å². The number of hydrogen-bond donors (Lipinski definition) is 1. The van der Waals surface area contributed by atoms with Crippen LogP contribution in [0.5, 0.6) is 5.75 Å². The Kier molecular flexibility index (Phi) is 4.91. The third kappa shape index (κ3) is 3.45. The van der Waals surface area contributed by atoms with Gasteiger partial charge in [-0.25, -0.2) is 5.84 Å². The summed E-state index contributed by atoms with van der Waals surface area (Å²) in [5.74, 6) is 6.65. The Morgan fingerprint density at radius 2 is 2.05 bits per heavy atom. The van der Waals surface area contributed by atoms with Gasteiger partial charge in [0.25, 0.3) is 0 Å². The number of nitrogens with two attached hydrogens (primary N) is 1. The van der Waals surface area contributed by atoms with E-state index >= 15 is 0 Å². The van der Waals surface area contributed by atoms with E-state index in [4.69, 9.17) is 22.2 Å². The first-order valence-electron chi connectivity index (χ1n) is 6.14. The van der Waals surface area contributed by atoms with Gasteiger partial charge in [0, 0.05) is 22.1 Å². The number of rotatable bonds is 4. The normalized spacial score (nSPS) is 10.4. The standard InChI is InChI=1S/C15H16BrClN2O/c1-10-8-11(16)6-7-15(10)20-9-12-13(17)4-3-5-14(12)19(2)18/h3-8H,9,18H2,1-2H3. The number of ether oxygens (including phenoxy) is 1. The molecule has 0 unspecified atom stereocenters. The zero-order valence-electron chi connectivity index (χ0n) is 11.4. The van der Waals surface area contributed by atoms with Gasteiger partial charge >= 0.3 is 0 Å². The second-order valence-corrected chi connectivity index (χ2v) is 5.87. The monoisotopic (exact) mass is 354 g/mol. The lowest BCUT2D eigenvalue weighted by Gasteiger charge is -2.19. The molecule has 106 valence electrons. The summed E-state index contributed by atoms with van der Waals surface area (Å²) in [5, 5.41) is 2.19. The van der Waals surface area contributed by atoms with Gasteiger partial charge < -0.3 is 9.75 Å². The topological polar surface area (TPSA) is 38.5 Å². The Hall–Kier alpha value is -1.23. The Bertz CT molecular complexity index is 617. The fraction of sp³-hybridized carbons (Fsp3) is 0.200. The molecule has 3 nitrogen and oxygen atoms in total. The van der Waals surface area contributed by atoms with Crippen molar-refractivity contribution < 1.29 is 4.74 Å². The van der Waals surface area contributed by atoms with Gasteiger partial charge in [0.1, 0.15) is 12.4 Å². The highest BCUT2D eigenvalue weighted by Crippen LogP contribution is 2.29. The molecule has 0 spiro atoms. The van der Waals surface area contributed by atoms with Crippen molar-refractivity contribution in [2.24, 2.45) is 5.84 Å². The van der Waals surface area contributed by atoms with Gasteiger partial charge in [0.05, 0.1) is 5.69 Å². The molecular formula is C15H16BrClN2O. The van der Waals surface area contributed by atoms with Gasteiger partial charge in [-0.1, -0.05) is 33.6 Å². The lowest BCUT2D eigenvalue weighted by atomic mass is 10.2. The van der Waals surface area contributed by atoms with Crippen molar-refractivity contribution in [2.45, 2.75) is 13.5 Å². The quantitative estimate of drug-likeness (QED) is 0.656. The molecule has 2 aromatic carbocycles. The zero-order valence-corrected chi connectivity index (χ0v) is 13.7. The maximum atomic E-state index is 6.23. The van der Waals surface area contributed by atoms with Gasteiger partial charge in [-0.3, -0.25) is 0 Å². The number of halogens is 2. The van der Waals surface area contributed by atoms with Crippen molar-refractivity contribution >= 4 is 33.2 Å². The number of anilines is 1. The van der Waals surface area contributed by atoms with Gasteiger partial charge in [0.2, 0.25) is 0 Å². The van der Waals surface area contributed by atoms with Crippen LogP contribution in [0.4, 0.5) is 5.69 Å². The first-order valence-corrected chi connectivity index (χ1v) is 7.31. The van der Waals surface area contributed by atoms with Gasteiger partial charge in [-0.05, 0) is 42.8 Å². The molecule has 0 aliphatic heterocycles. The van der Waals surface area contributed by atoms with Crippen molar-refractivity contribution in [3.63, 3.8) is 0 Å². The third-order valence-corrected chi connectivity index (χ3v) is 3.83. The van der Waals surface area contributed by atoms with Gasteiger partial charge in [-0.15, -0.1) is 0 Å². The van der Waals surface area contributed by atoms with Crippen LogP contribution in [0.3, 0.4) is 0 Å². The van der Waals surface area contributed by atoms with E-state index in [1.54, 1.807) is 12.1 Å². The minimum absolute atomic E-state index is 0.374. The van der Waals surface area contributed by atoms with E-state index in [1.165, 1.54) is 0 Å². The molecule has 2 aromatic rings. The first-order chi connectivity index (χ1) is 9.49. The highest BCUT2D eigenvalue weighted by atomic mass is 79.9. The maximum Gasteiger partial charge on any atom is 0.122 e. The molecule has 0 aliphatic carbocycles. The molecule has 0 saturated heterocycles. The number of benzene rings is 2. The average Bonchev–Trinajstić information content (AvgIpc) is 2.38. The Morgan fingerprint density at radius 3 is 2.70 bits per heavy atom. The molecule has 5 heteroatoms. The summed E-state index contributed by atoms with van der Waals surface area (Å²) >= 11 is 9.67. The van der Waals surface area contributed by atoms with Crippen molar-refractivity contribution in [3.05, 3.63) is 57.0 Å². The largest absolute Gasteiger partial charge is 0.488 e. The van der Waals surface area contributed by atoms with Crippen LogP contribution in [0.2, 0.25) is 5.02 Å². The molecule has 0 atom stereocenters. The second-order valence-electron chi connectivity index (χ2n) is 4.55. The number of hydrogen-bond acceptors (Lipinski definition) is 3. The molecule has 0 heterocycles. The zero-order chi connectivity index (χ0) is 14.7. The molecule has 0 aromatic heterocycles. The van der Waals surface area contributed by atoms with Crippen LogP contribution < -0.4 is 15.6 Å². The molecule has 2 rings (SSSR count).